The second-order valence-corrected chi connectivity index (χ2v) is 9.96. The van der Waals surface area contributed by atoms with Crippen molar-refractivity contribution in [1.29, 1.82) is 0 Å². The minimum atomic E-state index is -0.630. The number of nitrogens with one attached hydrogen (secondary N) is 1. The second-order valence-electron chi connectivity index (χ2n) is 7.69. The smallest absolute Gasteiger partial charge is 0.242 e. The Morgan fingerprint density at radius 3 is 2.26 bits per heavy atom. The van der Waals surface area contributed by atoms with E-state index < -0.39 is 6.04 Å². The molecular formula is C23H27Cl3N2O2S. The van der Waals surface area contributed by atoms with Crippen LogP contribution in [0.3, 0.4) is 0 Å². The van der Waals surface area contributed by atoms with Crippen LogP contribution in [0.25, 0.3) is 0 Å². The van der Waals surface area contributed by atoms with Gasteiger partial charge in [0.15, 0.2) is 0 Å². The van der Waals surface area contributed by atoms with E-state index in [1.165, 1.54) is 11.8 Å². The zero-order chi connectivity index (χ0) is 23.0. The van der Waals surface area contributed by atoms with Gasteiger partial charge in [-0.15, -0.1) is 11.8 Å². The van der Waals surface area contributed by atoms with Crippen LogP contribution in [0, 0.1) is 5.92 Å². The predicted molar refractivity (Wildman–Crippen MR) is 132 cm³/mol. The van der Waals surface area contributed by atoms with Crippen LogP contribution in [0.5, 0.6) is 0 Å². The van der Waals surface area contributed by atoms with Gasteiger partial charge >= 0.3 is 0 Å². The first-order valence-corrected chi connectivity index (χ1v) is 12.3. The molecule has 2 aromatic rings. The van der Waals surface area contributed by atoms with Crippen molar-refractivity contribution in [2.75, 3.05) is 12.3 Å². The summed E-state index contributed by atoms with van der Waals surface area (Å²) in [6.07, 6.45) is 0. The third-order valence-corrected chi connectivity index (χ3v) is 6.44. The summed E-state index contributed by atoms with van der Waals surface area (Å²) in [6, 6.07) is 12.0. The summed E-state index contributed by atoms with van der Waals surface area (Å²) in [7, 11) is 0. The van der Waals surface area contributed by atoms with Gasteiger partial charge in [0.05, 0.1) is 5.75 Å². The van der Waals surface area contributed by atoms with Gasteiger partial charge in [0.25, 0.3) is 0 Å². The van der Waals surface area contributed by atoms with Crippen LogP contribution in [0.15, 0.2) is 42.5 Å². The molecule has 0 bridgehead atoms. The van der Waals surface area contributed by atoms with Gasteiger partial charge in [0.1, 0.15) is 6.04 Å². The summed E-state index contributed by atoms with van der Waals surface area (Å²) in [4.78, 5) is 27.3. The molecule has 0 saturated heterocycles. The summed E-state index contributed by atoms with van der Waals surface area (Å²) in [6.45, 7) is 6.57. The van der Waals surface area contributed by atoms with Crippen LogP contribution in [0.4, 0.5) is 0 Å². The lowest BCUT2D eigenvalue weighted by molar-refractivity contribution is -0.138. The molecule has 0 aliphatic rings. The first-order chi connectivity index (χ1) is 14.7. The highest BCUT2D eigenvalue weighted by atomic mass is 35.5. The molecule has 0 unspecified atom stereocenters. The number of benzene rings is 2. The van der Waals surface area contributed by atoms with E-state index in [2.05, 4.69) is 5.32 Å². The zero-order valence-electron chi connectivity index (χ0n) is 17.8. The highest BCUT2D eigenvalue weighted by molar-refractivity contribution is 7.99. The maximum Gasteiger partial charge on any atom is 0.242 e. The van der Waals surface area contributed by atoms with Gasteiger partial charge in [-0.05, 0) is 48.2 Å². The van der Waals surface area contributed by atoms with Crippen molar-refractivity contribution < 1.29 is 9.59 Å². The normalized spacial score (nSPS) is 12.0. The van der Waals surface area contributed by atoms with Crippen molar-refractivity contribution in [1.82, 2.24) is 10.2 Å². The number of hydrogen-bond acceptors (Lipinski definition) is 3. The van der Waals surface area contributed by atoms with E-state index in [4.69, 9.17) is 34.8 Å². The Kier molecular flexibility index (Phi) is 10.5. The van der Waals surface area contributed by atoms with E-state index in [1.807, 2.05) is 38.1 Å². The standard InChI is InChI=1S/C23H27Cl3N2O2S/c1-15(2)11-27-23(30)16(3)28(12-18-6-9-20(25)10-21(18)26)22(29)14-31-13-17-4-7-19(24)8-5-17/h4-10,15-16H,11-14H2,1-3H3,(H,27,30)/t16-/m0/s1. The maximum absolute atomic E-state index is 13.1. The molecule has 0 heterocycles. The molecule has 1 atom stereocenters. The lowest BCUT2D eigenvalue weighted by Crippen LogP contribution is -2.48. The van der Waals surface area contributed by atoms with Gasteiger partial charge in [0.2, 0.25) is 11.8 Å². The fraction of sp³-hybridized carbons (Fsp3) is 0.391. The van der Waals surface area contributed by atoms with Gasteiger partial charge in [-0.1, -0.05) is 66.8 Å². The number of nitrogens with zero attached hydrogens (tertiary/aromatic N) is 1. The highest BCUT2D eigenvalue weighted by Gasteiger charge is 2.26. The first kappa shape index (κ1) is 25.9. The summed E-state index contributed by atoms with van der Waals surface area (Å²) < 4.78 is 0. The van der Waals surface area contributed by atoms with Crippen molar-refractivity contribution in [3.63, 3.8) is 0 Å². The third kappa shape index (κ3) is 8.57. The van der Waals surface area contributed by atoms with Gasteiger partial charge in [-0.25, -0.2) is 0 Å². The Labute approximate surface area is 203 Å². The van der Waals surface area contributed by atoms with E-state index in [1.54, 1.807) is 30.0 Å². The number of rotatable bonds is 10. The Balaban J connectivity index is 2.09. The molecule has 31 heavy (non-hydrogen) atoms. The fourth-order valence-corrected chi connectivity index (χ4v) is 4.25. The minimum Gasteiger partial charge on any atom is -0.354 e. The summed E-state index contributed by atoms with van der Waals surface area (Å²) >= 11 is 19.7. The van der Waals surface area contributed by atoms with Crippen molar-refractivity contribution >= 4 is 58.4 Å². The molecule has 0 radical (unpaired) electrons. The number of amides is 2. The van der Waals surface area contributed by atoms with Gasteiger partial charge in [-0.2, -0.15) is 0 Å². The van der Waals surface area contributed by atoms with Gasteiger partial charge in [0, 0.05) is 33.9 Å². The van der Waals surface area contributed by atoms with Crippen molar-refractivity contribution in [3.05, 3.63) is 68.7 Å². The Morgan fingerprint density at radius 1 is 1.00 bits per heavy atom. The molecule has 0 aliphatic carbocycles. The molecule has 0 fully saturated rings. The predicted octanol–water partition coefficient (Wildman–Crippen LogP) is 6.07. The molecule has 0 aromatic heterocycles. The summed E-state index contributed by atoms with van der Waals surface area (Å²) in [5, 5.41) is 4.57. The average Bonchev–Trinajstić information content (AvgIpc) is 2.72. The van der Waals surface area contributed by atoms with Crippen molar-refractivity contribution in [2.45, 2.75) is 39.1 Å². The zero-order valence-corrected chi connectivity index (χ0v) is 20.9. The molecule has 8 heteroatoms. The first-order valence-electron chi connectivity index (χ1n) is 10.0. The van der Waals surface area contributed by atoms with E-state index in [-0.39, 0.29) is 24.1 Å². The summed E-state index contributed by atoms with van der Waals surface area (Å²) in [5.74, 6) is 0.926. The molecule has 2 amide bonds. The molecule has 1 N–H and O–H groups in total. The van der Waals surface area contributed by atoms with E-state index >= 15 is 0 Å². The second kappa shape index (κ2) is 12.6. The fourth-order valence-electron chi connectivity index (χ4n) is 2.79. The van der Waals surface area contributed by atoms with E-state index in [0.717, 1.165) is 11.1 Å². The number of carbonyl (C=O) groups is 2. The minimum absolute atomic E-state index is 0.128. The maximum atomic E-state index is 13.1. The Hall–Kier alpha value is -1.40. The molecular weight excluding hydrogens is 475 g/mol. The topological polar surface area (TPSA) is 49.4 Å². The van der Waals surface area contributed by atoms with Crippen LogP contribution < -0.4 is 5.32 Å². The van der Waals surface area contributed by atoms with Crippen LogP contribution in [-0.2, 0) is 21.9 Å². The molecule has 0 spiro atoms. The number of hydrogen-bond donors (Lipinski definition) is 1. The lowest BCUT2D eigenvalue weighted by Gasteiger charge is -2.29. The van der Waals surface area contributed by atoms with Crippen LogP contribution >= 0.6 is 46.6 Å². The molecule has 0 saturated carbocycles. The Bertz CT molecular complexity index is 891. The number of carbonyl (C=O) groups excluding carboxylic acids is 2. The van der Waals surface area contributed by atoms with Gasteiger partial charge in [-0.3, -0.25) is 9.59 Å². The average molecular weight is 502 g/mol. The summed E-state index contributed by atoms with van der Waals surface area (Å²) in [5.41, 5.74) is 1.82. The quantitative estimate of drug-likeness (QED) is 0.430. The highest BCUT2D eigenvalue weighted by Crippen LogP contribution is 2.24. The van der Waals surface area contributed by atoms with Crippen LogP contribution in [-0.4, -0.2) is 35.1 Å². The molecule has 0 aliphatic heterocycles. The number of thioether (sulfide) groups is 1. The molecule has 2 rings (SSSR count). The molecule has 168 valence electrons. The number of halogens is 3. The SMILES string of the molecule is CC(C)CNC(=O)[C@H](C)N(Cc1ccc(Cl)cc1Cl)C(=O)CSCc1ccc(Cl)cc1. The van der Waals surface area contributed by atoms with Crippen LogP contribution in [0.2, 0.25) is 15.1 Å². The van der Waals surface area contributed by atoms with Gasteiger partial charge < -0.3 is 10.2 Å². The van der Waals surface area contributed by atoms with E-state index in [9.17, 15) is 9.59 Å². The Morgan fingerprint density at radius 2 is 1.65 bits per heavy atom. The lowest BCUT2D eigenvalue weighted by atomic mass is 10.1. The molecule has 4 nitrogen and oxygen atoms in total. The third-order valence-electron chi connectivity index (χ3n) is 4.62. The van der Waals surface area contributed by atoms with Crippen molar-refractivity contribution in [2.24, 2.45) is 5.92 Å². The molecule has 2 aromatic carbocycles. The van der Waals surface area contributed by atoms with Crippen molar-refractivity contribution in [3.8, 4) is 0 Å². The monoisotopic (exact) mass is 500 g/mol. The van der Waals surface area contributed by atoms with E-state index in [0.29, 0.717) is 33.3 Å². The largest absolute Gasteiger partial charge is 0.354 e. The van der Waals surface area contributed by atoms with Crippen LogP contribution in [0.1, 0.15) is 31.9 Å².